The van der Waals surface area contributed by atoms with Crippen molar-refractivity contribution in [1.29, 1.82) is 0 Å². The van der Waals surface area contributed by atoms with Crippen molar-refractivity contribution < 1.29 is 34.8 Å². The summed E-state index contributed by atoms with van der Waals surface area (Å²) in [5.41, 5.74) is 4.20. The second kappa shape index (κ2) is 11.7. The Morgan fingerprint density at radius 1 is 1.14 bits per heavy atom. The topological polar surface area (TPSA) is 166 Å². The van der Waals surface area contributed by atoms with Crippen LogP contribution in [0.15, 0.2) is 24.4 Å². The predicted molar refractivity (Wildman–Crippen MR) is 133 cm³/mol. The van der Waals surface area contributed by atoms with Crippen LogP contribution in [0.3, 0.4) is 0 Å². The Morgan fingerprint density at radius 3 is 2.36 bits per heavy atom. The molecule has 2 aromatic rings. The molecule has 198 valence electrons. The molecule has 11 heteroatoms. The van der Waals surface area contributed by atoms with Crippen molar-refractivity contribution in [1.82, 2.24) is 20.1 Å². The first-order valence-corrected chi connectivity index (χ1v) is 12.2. The van der Waals surface area contributed by atoms with Crippen LogP contribution in [0.1, 0.15) is 37.3 Å². The first-order valence-electron chi connectivity index (χ1n) is 12.2. The number of H-pyrrole nitrogens is 1. The summed E-state index contributed by atoms with van der Waals surface area (Å²) in [5.74, 6) is -2.49. The van der Waals surface area contributed by atoms with Gasteiger partial charge in [-0.2, -0.15) is 0 Å². The van der Waals surface area contributed by atoms with E-state index in [0.717, 1.165) is 39.0 Å². The fourth-order valence-corrected chi connectivity index (χ4v) is 5.33. The van der Waals surface area contributed by atoms with Crippen LogP contribution in [0.25, 0.3) is 10.9 Å². The molecule has 0 saturated carbocycles. The van der Waals surface area contributed by atoms with Gasteiger partial charge < -0.3 is 40.5 Å². The number of nitrogens with one attached hydrogen (secondary N) is 2. The molecule has 11 nitrogen and oxygen atoms in total. The van der Waals surface area contributed by atoms with Crippen molar-refractivity contribution >= 4 is 28.9 Å². The average molecular weight is 505 g/mol. The van der Waals surface area contributed by atoms with E-state index in [1.807, 2.05) is 18.7 Å². The van der Waals surface area contributed by atoms with E-state index in [1.54, 1.807) is 0 Å². The monoisotopic (exact) mass is 504 g/mol. The quantitative estimate of drug-likeness (QED) is 0.325. The van der Waals surface area contributed by atoms with Crippen molar-refractivity contribution in [3.8, 4) is 0 Å². The van der Waals surface area contributed by atoms with E-state index in [9.17, 15) is 14.4 Å². The molecule has 1 fully saturated rings. The lowest BCUT2D eigenvalue weighted by atomic mass is 9.72. The normalized spacial score (nSPS) is 22.5. The van der Waals surface area contributed by atoms with Gasteiger partial charge in [-0.3, -0.25) is 0 Å². The van der Waals surface area contributed by atoms with Crippen LogP contribution in [-0.2, 0) is 16.0 Å². The molecule has 1 aromatic heterocycles. The summed E-state index contributed by atoms with van der Waals surface area (Å²) in [6, 6.07) is 7.29. The molecule has 1 saturated heterocycles. The third-order valence-electron chi connectivity index (χ3n) is 7.21. The number of carbonyl (C=O) groups is 3. The zero-order chi connectivity index (χ0) is 26.6. The Kier molecular flexibility index (Phi) is 8.93. The number of rotatable bonds is 7. The number of nitrogens with zero attached hydrogens (tertiary/aromatic N) is 2. The largest absolute Gasteiger partial charge is 0.479 e. The van der Waals surface area contributed by atoms with E-state index in [4.69, 9.17) is 20.4 Å². The minimum Gasteiger partial charge on any atom is -0.479 e. The van der Waals surface area contributed by atoms with Crippen molar-refractivity contribution in [3.05, 3.63) is 35.5 Å². The van der Waals surface area contributed by atoms with Crippen LogP contribution in [0.2, 0.25) is 0 Å². The average Bonchev–Trinajstić information content (AvgIpc) is 3.27. The second-order valence-corrected chi connectivity index (χ2v) is 9.43. The highest BCUT2D eigenvalue weighted by molar-refractivity contribution is 5.88. The van der Waals surface area contributed by atoms with E-state index >= 15 is 0 Å². The number of likely N-dealkylation sites (tertiary alicyclic amines) is 1. The van der Waals surface area contributed by atoms with Gasteiger partial charge in [0.15, 0.2) is 12.2 Å². The van der Waals surface area contributed by atoms with Crippen molar-refractivity contribution in [2.75, 3.05) is 33.2 Å². The standard InChI is InChI=1S/C21H30N4O.C4H6O6/c1-4-25(5-2)21(26)23-11-14-9-17-16-7-6-8-18-20(16)15(12-22-18)10-19(17)24(3)13-14;5-1(3(7)8)2(6)4(9)10/h6-8,12,14,17,19,22H,4-5,9-11,13H2,1-3H3,(H,23,26);1-2,5-6H,(H,7,8)(H,9,10)/t14-,17?,19+;1-,2-/m01/s1. The third kappa shape index (κ3) is 5.80. The maximum absolute atomic E-state index is 12.3. The number of aromatic amines is 1. The molecule has 2 heterocycles. The summed E-state index contributed by atoms with van der Waals surface area (Å²) in [7, 11) is 2.24. The first-order chi connectivity index (χ1) is 17.1. The van der Waals surface area contributed by atoms with Gasteiger partial charge in [-0.25, -0.2) is 14.4 Å². The number of urea groups is 1. The molecule has 2 amide bonds. The molecule has 5 atom stereocenters. The number of hydrogen-bond acceptors (Lipinski definition) is 6. The van der Waals surface area contributed by atoms with Gasteiger partial charge in [-0.1, -0.05) is 12.1 Å². The molecule has 4 rings (SSSR count). The molecule has 0 bridgehead atoms. The van der Waals surface area contributed by atoms with Crippen LogP contribution in [0.4, 0.5) is 4.79 Å². The van der Waals surface area contributed by atoms with Crippen LogP contribution in [0, 0.1) is 5.92 Å². The lowest BCUT2D eigenvalue weighted by molar-refractivity contribution is -0.165. The third-order valence-corrected chi connectivity index (χ3v) is 7.21. The SMILES string of the molecule is CCN(CC)C(=O)NC[C@@H]1CC2c3cccc4[nH]cc(c34)C[C@H]2N(C)C1.O=C(O)[C@H](O)[C@@H](O)C(=O)O. The molecule has 6 N–H and O–H groups in total. The Balaban J connectivity index is 0.000000308. The Bertz CT molecular complexity index is 1070. The second-order valence-electron chi connectivity index (χ2n) is 9.43. The van der Waals surface area contributed by atoms with E-state index in [0.29, 0.717) is 17.9 Å². The fraction of sp³-hybridized carbons (Fsp3) is 0.560. The summed E-state index contributed by atoms with van der Waals surface area (Å²) in [6.07, 6.45) is -0.0715. The predicted octanol–water partition coefficient (Wildman–Crippen LogP) is 1.06. The Labute approximate surface area is 209 Å². The Morgan fingerprint density at radius 2 is 1.78 bits per heavy atom. The highest BCUT2D eigenvalue weighted by Gasteiger charge is 2.39. The maximum Gasteiger partial charge on any atom is 0.335 e. The minimum absolute atomic E-state index is 0.0680. The van der Waals surface area contributed by atoms with Gasteiger partial charge in [0, 0.05) is 55.2 Å². The first kappa shape index (κ1) is 27.4. The number of aliphatic hydroxyl groups is 2. The number of aliphatic hydroxyl groups excluding tert-OH is 2. The number of aliphatic carboxylic acids is 2. The summed E-state index contributed by atoms with van der Waals surface area (Å²) in [6.45, 7) is 7.39. The van der Waals surface area contributed by atoms with Crippen LogP contribution < -0.4 is 5.32 Å². The fourth-order valence-electron chi connectivity index (χ4n) is 5.33. The molecule has 1 unspecified atom stereocenters. The summed E-state index contributed by atoms with van der Waals surface area (Å²) in [5, 5.41) is 37.1. The van der Waals surface area contributed by atoms with Gasteiger partial charge in [-0.05, 0) is 56.8 Å². The smallest absolute Gasteiger partial charge is 0.335 e. The number of carbonyl (C=O) groups excluding carboxylic acids is 1. The number of aromatic nitrogens is 1. The maximum atomic E-state index is 12.3. The van der Waals surface area contributed by atoms with Crippen LogP contribution in [0.5, 0.6) is 0 Å². The molecule has 2 aliphatic rings. The van der Waals surface area contributed by atoms with E-state index in [2.05, 4.69) is 46.6 Å². The van der Waals surface area contributed by atoms with Gasteiger partial charge in [0.2, 0.25) is 0 Å². The highest BCUT2D eigenvalue weighted by atomic mass is 16.4. The van der Waals surface area contributed by atoms with Gasteiger partial charge in [0.1, 0.15) is 0 Å². The molecule has 1 aromatic carbocycles. The Hall–Kier alpha value is -3.15. The van der Waals surface area contributed by atoms with Crippen molar-refractivity contribution in [2.45, 2.75) is 50.9 Å². The van der Waals surface area contributed by atoms with Crippen molar-refractivity contribution in [3.63, 3.8) is 0 Å². The lowest BCUT2D eigenvalue weighted by Crippen LogP contribution is -2.51. The number of piperidine rings is 1. The number of carboxylic acids is 2. The summed E-state index contributed by atoms with van der Waals surface area (Å²) in [4.78, 5) is 39.6. The molecule has 1 aliphatic carbocycles. The molecule has 0 radical (unpaired) electrons. The van der Waals surface area contributed by atoms with Gasteiger partial charge >= 0.3 is 18.0 Å². The van der Waals surface area contributed by atoms with Crippen LogP contribution in [-0.4, -0.2) is 105 Å². The van der Waals surface area contributed by atoms with Crippen molar-refractivity contribution in [2.24, 2.45) is 5.92 Å². The van der Waals surface area contributed by atoms with E-state index in [-0.39, 0.29) is 6.03 Å². The molecule has 1 aliphatic heterocycles. The zero-order valence-corrected chi connectivity index (χ0v) is 20.8. The van der Waals surface area contributed by atoms with E-state index in [1.165, 1.54) is 22.0 Å². The highest BCUT2D eigenvalue weighted by Crippen LogP contribution is 2.44. The van der Waals surface area contributed by atoms with E-state index < -0.39 is 24.1 Å². The van der Waals surface area contributed by atoms with Gasteiger partial charge in [-0.15, -0.1) is 0 Å². The molecule has 36 heavy (non-hydrogen) atoms. The van der Waals surface area contributed by atoms with Gasteiger partial charge in [0.25, 0.3) is 0 Å². The molecule has 0 spiro atoms. The van der Waals surface area contributed by atoms with Gasteiger partial charge in [0.05, 0.1) is 0 Å². The number of likely N-dealkylation sites (N-methyl/N-ethyl adjacent to an activating group) is 1. The number of amides is 2. The van der Waals surface area contributed by atoms with Crippen LogP contribution >= 0.6 is 0 Å². The number of carboxylic acid groups (broad SMARTS) is 2. The molecular formula is C25H36N4O7. The number of fused-ring (bicyclic) bond motifs is 2. The number of hydrogen-bond donors (Lipinski definition) is 6. The summed E-state index contributed by atoms with van der Waals surface area (Å²) >= 11 is 0. The number of benzene rings is 1. The minimum atomic E-state index is -2.27. The zero-order valence-electron chi connectivity index (χ0n) is 20.8. The lowest BCUT2D eigenvalue weighted by Gasteiger charge is -2.45. The molecular weight excluding hydrogens is 468 g/mol. The summed E-state index contributed by atoms with van der Waals surface area (Å²) < 4.78 is 0.